The van der Waals surface area contributed by atoms with Crippen molar-refractivity contribution in [3.8, 4) is 5.75 Å². The molecule has 40 heavy (non-hydrogen) atoms. The number of rotatable bonds is 10. The van der Waals surface area contributed by atoms with Gasteiger partial charge in [-0.3, -0.25) is 14.4 Å². The van der Waals surface area contributed by atoms with Crippen LogP contribution >= 0.6 is 11.6 Å². The Kier molecular flexibility index (Phi) is 11.5. The van der Waals surface area contributed by atoms with Crippen LogP contribution in [0.3, 0.4) is 0 Å². The predicted molar refractivity (Wildman–Crippen MR) is 158 cm³/mol. The molecule has 1 aliphatic rings. The minimum absolute atomic E-state index is 0.0327. The summed E-state index contributed by atoms with van der Waals surface area (Å²) in [6.45, 7) is 8.30. The fourth-order valence-corrected chi connectivity index (χ4v) is 4.48. The third-order valence-corrected chi connectivity index (χ3v) is 6.66. The molecular formula is C30H39ClN4O5. The molecule has 1 aliphatic heterocycles. The number of halogens is 1. The van der Waals surface area contributed by atoms with Crippen LogP contribution in [0.5, 0.6) is 5.75 Å². The lowest BCUT2D eigenvalue weighted by Gasteiger charge is -2.23. The second kappa shape index (κ2) is 14.8. The van der Waals surface area contributed by atoms with Gasteiger partial charge in [0.15, 0.2) is 0 Å². The Balaban J connectivity index is 0.000000559. The molecule has 1 fully saturated rings. The second-order valence-electron chi connectivity index (χ2n) is 10.8. The van der Waals surface area contributed by atoms with E-state index in [2.05, 4.69) is 25.7 Å². The molecule has 0 radical (unpaired) electrons. The summed E-state index contributed by atoms with van der Waals surface area (Å²) in [5.41, 5.74) is 1.91. The number of aryl methyl sites for hydroxylation is 1. The third kappa shape index (κ3) is 9.97. The van der Waals surface area contributed by atoms with Gasteiger partial charge in [0.1, 0.15) is 22.8 Å². The Hall–Kier alpha value is -3.40. The molecule has 216 valence electrons. The van der Waals surface area contributed by atoms with Crippen LogP contribution in [0.4, 0.5) is 5.69 Å². The van der Waals surface area contributed by atoms with Crippen LogP contribution in [0.1, 0.15) is 62.5 Å². The first kappa shape index (κ1) is 31.1. The number of H-pyrrole nitrogens is 1. The van der Waals surface area contributed by atoms with Gasteiger partial charge in [-0.2, -0.15) is 0 Å². The van der Waals surface area contributed by atoms with E-state index in [1.54, 1.807) is 30.3 Å². The monoisotopic (exact) mass is 570 g/mol. The van der Waals surface area contributed by atoms with Gasteiger partial charge < -0.3 is 30.8 Å². The summed E-state index contributed by atoms with van der Waals surface area (Å²) in [5, 5.41) is 21.5. The summed E-state index contributed by atoms with van der Waals surface area (Å²) < 4.78 is 4.55. The lowest BCUT2D eigenvalue weighted by Crippen LogP contribution is -2.41. The lowest BCUT2D eigenvalue weighted by atomic mass is 10.0. The number of nitrogens with one attached hydrogen (secondary N) is 4. The molecule has 1 amide bonds. The van der Waals surface area contributed by atoms with Gasteiger partial charge in [-0.25, -0.2) is 0 Å². The number of Topliss-reactive ketones (excluding diaryl/α,β-unsaturated/α-hetero) is 1. The number of hydrogen-bond acceptors (Lipinski definition) is 7. The minimum atomic E-state index is -0.353. The summed E-state index contributed by atoms with van der Waals surface area (Å²) in [4.78, 5) is 37.6. The predicted octanol–water partition coefficient (Wildman–Crippen LogP) is 4.97. The van der Waals surface area contributed by atoms with Crippen LogP contribution in [0, 0.1) is 0 Å². The van der Waals surface area contributed by atoms with Crippen LogP contribution in [0.2, 0.25) is 5.02 Å². The normalized spacial score (nSPS) is 13.8. The molecule has 0 aliphatic carbocycles. The fraction of sp³-hybridized carbons (Fsp3) is 0.433. The number of amides is 1. The number of carbonyl (C=O) groups excluding carboxylic acids is 3. The molecule has 1 saturated heterocycles. The summed E-state index contributed by atoms with van der Waals surface area (Å²) in [7, 11) is 0. The Labute approximate surface area is 240 Å². The van der Waals surface area contributed by atoms with Crippen molar-refractivity contribution in [1.82, 2.24) is 15.6 Å². The first-order valence-electron chi connectivity index (χ1n) is 13.5. The Bertz CT molecular complexity index is 1290. The van der Waals surface area contributed by atoms with Crippen molar-refractivity contribution in [2.45, 2.75) is 64.5 Å². The van der Waals surface area contributed by atoms with E-state index in [9.17, 15) is 19.5 Å². The highest BCUT2D eigenvalue weighted by molar-refractivity contribution is 6.31. The number of benzene rings is 2. The van der Waals surface area contributed by atoms with Crippen molar-refractivity contribution in [3.63, 3.8) is 0 Å². The van der Waals surface area contributed by atoms with Crippen molar-refractivity contribution in [2.24, 2.45) is 0 Å². The number of aromatic hydroxyl groups is 1. The van der Waals surface area contributed by atoms with Gasteiger partial charge >= 0.3 is 0 Å². The molecule has 2 heterocycles. The molecular weight excluding hydrogens is 532 g/mol. The maximum absolute atomic E-state index is 12.7. The highest BCUT2D eigenvalue weighted by Gasteiger charge is 2.16. The minimum Gasteiger partial charge on any atom is -0.505 e. The van der Waals surface area contributed by atoms with E-state index in [1.165, 1.54) is 0 Å². The zero-order chi connectivity index (χ0) is 29.1. The SMILES string of the molecule is CC(C)(C)OC=O.O=C(CCCc1cccc(NC(=O)c2cc3cc(Cl)ccc3[nH]2)c1O)CNC1CCNCC1. The van der Waals surface area contributed by atoms with Gasteiger partial charge in [0.05, 0.1) is 12.2 Å². The van der Waals surface area contributed by atoms with Gasteiger partial charge in [-0.15, -0.1) is 0 Å². The first-order chi connectivity index (χ1) is 19.1. The van der Waals surface area contributed by atoms with E-state index in [1.807, 2.05) is 32.9 Å². The summed E-state index contributed by atoms with van der Waals surface area (Å²) in [6, 6.07) is 12.7. The van der Waals surface area contributed by atoms with Crippen LogP contribution in [0.15, 0.2) is 42.5 Å². The zero-order valence-corrected chi connectivity index (χ0v) is 24.1. The molecule has 9 nitrogen and oxygen atoms in total. The third-order valence-electron chi connectivity index (χ3n) is 6.43. The van der Waals surface area contributed by atoms with Crippen molar-refractivity contribution >= 4 is 46.4 Å². The number of aromatic amines is 1. The van der Waals surface area contributed by atoms with Gasteiger partial charge in [0.2, 0.25) is 0 Å². The molecule has 0 bridgehead atoms. The molecule has 2 aromatic carbocycles. The summed E-state index contributed by atoms with van der Waals surface area (Å²) >= 11 is 6.02. The van der Waals surface area contributed by atoms with Crippen molar-refractivity contribution < 1.29 is 24.2 Å². The Morgan fingerprint density at radius 3 is 2.58 bits per heavy atom. The molecule has 0 spiro atoms. The van der Waals surface area contributed by atoms with E-state index in [0.717, 1.165) is 36.8 Å². The van der Waals surface area contributed by atoms with Crippen molar-refractivity contribution in [2.75, 3.05) is 25.0 Å². The molecule has 3 aromatic rings. The number of piperidine rings is 1. The largest absolute Gasteiger partial charge is 0.505 e. The summed E-state index contributed by atoms with van der Waals surface area (Å²) in [5.74, 6) is -0.143. The zero-order valence-electron chi connectivity index (χ0n) is 23.3. The molecule has 5 N–H and O–H groups in total. The maximum atomic E-state index is 12.7. The lowest BCUT2D eigenvalue weighted by molar-refractivity contribution is -0.138. The first-order valence-corrected chi connectivity index (χ1v) is 13.9. The number of para-hydroxylation sites is 1. The molecule has 10 heteroatoms. The molecule has 1 aromatic heterocycles. The molecule has 0 saturated carbocycles. The standard InChI is InChI=1S/C25H29ClN4O3.C5H10O2/c26-18-7-8-21-17(13-18)14-23(29-21)25(33)30-22-6-2-4-16(24(22)32)3-1-5-20(31)15-28-19-9-11-27-12-10-19;1-5(2,3)7-4-6/h2,4,6-8,13-14,19,27-29,32H,1,3,5,9-12,15H2,(H,30,33);4H,1-3H3. The van der Waals surface area contributed by atoms with E-state index in [0.29, 0.717) is 60.3 Å². The van der Waals surface area contributed by atoms with Crippen LogP contribution in [-0.4, -0.2) is 59.5 Å². The number of fused-ring (bicyclic) bond motifs is 1. The molecule has 0 atom stereocenters. The molecule has 0 unspecified atom stereocenters. The average Bonchev–Trinajstić information content (AvgIpc) is 3.33. The van der Waals surface area contributed by atoms with Crippen LogP contribution in [0.25, 0.3) is 10.9 Å². The number of carbonyl (C=O) groups is 3. The maximum Gasteiger partial charge on any atom is 0.293 e. The van der Waals surface area contributed by atoms with E-state index in [-0.39, 0.29) is 23.0 Å². The van der Waals surface area contributed by atoms with Crippen molar-refractivity contribution in [1.29, 1.82) is 0 Å². The second-order valence-corrected chi connectivity index (χ2v) is 11.2. The van der Waals surface area contributed by atoms with Crippen molar-refractivity contribution in [3.05, 3.63) is 58.7 Å². The van der Waals surface area contributed by atoms with E-state index >= 15 is 0 Å². The summed E-state index contributed by atoms with van der Waals surface area (Å²) in [6.07, 6.45) is 3.74. The average molecular weight is 571 g/mol. The fourth-order valence-electron chi connectivity index (χ4n) is 4.30. The van der Waals surface area contributed by atoms with Gasteiger partial charge in [0, 0.05) is 28.4 Å². The van der Waals surface area contributed by atoms with Crippen LogP contribution < -0.4 is 16.0 Å². The topological polar surface area (TPSA) is 133 Å². The number of ketones is 1. The highest BCUT2D eigenvalue weighted by atomic mass is 35.5. The number of aromatic nitrogens is 1. The number of ether oxygens (including phenoxy) is 1. The number of phenolic OH excluding ortho intramolecular Hbond substituents is 1. The Morgan fingerprint density at radius 2 is 1.90 bits per heavy atom. The smallest absolute Gasteiger partial charge is 0.293 e. The van der Waals surface area contributed by atoms with Crippen LogP contribution in [-0.2, 0) is 20.7 Å². The van der Waals surface area contributed by atoms with Gasteiger partial charge in [0.25, 0.3) is 12.4 Å². The van der Waals surface area contributed by atoms with Gasteiger partial charge in [-0.05, 0) is 95.4 Å². The number of phenols is 1. The number of anilines is 1. The quantitative estimate of drug-likeness (QED) is 0.172. The highest BCUT2D eigenvalue weighted by Crippen LogP contribution is 2.29. The number of hydrogen-bond donors (Lipinski definition) is 5. The van der Waals surface area contributed by atoms with Gasteiger partial charge in [-0.1, -0.05) is 23.7 Å². The van der Waals surface area contributed by atoms with E-state index in [4.69, 9.17) is 11.6 Å². The molecule has 4 rings (SSSR count). The Morgan fingerprint density at radius 1 is 1.15 bits per heavy atom. The van der Waals surface area contributed by atoms with E-state index < -0.39 is 0 Å².